The molecule has 2 fully saturated rings. The van der Waals surface area contributed by atoms with Gasteiger partial charge in [0.1, 0.15) is 28.5 Å². The first-order valence-corrected chi connectivity index (χ1v) is 22.0. The number of nitro groups is 1. The highest BCUT2D eigenvalue weighted by Gasteiger charge is 2.34. The van der Waals surface area contributed by atoms with E-state index < -0.39 is 37.1 Å². The number of fused-ring (bicyclic) bond motifs is 1. The van der Waals surface area contributed by atoms with Gasteiger partial charge >= 0.3 is 0 Å². The van der Waals surface area contributed by atoms with Crippen LogP contribution in [0, 0.1) is 15.5 Å². The molecule has 16 heteroatoms. The number of hydrogen-bond acceptors (Lipinski definition) is 11. The van der Waals surface area contributed by atoms with Gasteiger partial charge in [-0.1, -0.05) is 38.3 Å². The van der Waals surface area contributed by atoms with Crippen LogP contribution in [-0.2, 0) is 14.8 Å². The average molecular weight is 832 g/mol. The van der Waals surface area contributed by atoms with Gasteiger partial charge < -0.3 is 24.7 Å². The van der Waals surface area contributed by atoms with Gasteiger partial charge in [0.05, 0.1) is 21.6 Å². The lowest BCUT2D eigenvalue weighted by Crippen LogP contribution is -2.47. The molecule has 4 heterocycles. The van der Waals surface area contributed by atoms with E-state index in [0.717, 1.165) is 62.4 Å². The summed E-state index contributed by atoms with van der Waals surface area (Å²) in [5.41, 5.74) is 2.74. The van der Waals surface area contributed by atoms with Crippen LogP contribution in [0.5, 0.6) is 11.5 Å². The van der Waals surface area contributed by atoms with Crippen molar-refractivity contribution in [2.24, 2.45) is 5.41 Å². The molecule has 59 heavy (non-hydrogen) atoms. The number of allylic oxidation sites excluding steroid dienone is 1. The fraction of sp³-hybridized carbons (Fsp3) is 0.488. The molecule has 4 aromatic rings. The van der Waals surface area contributed by atoms with Crippen molar-refractivity contribution in [2.45, 2.75) is 82.7 Å². The Bertz CT molecular complexity index is 2320. The summed E-state index contributed by atoms with van der Waals surface area (Å²) in [6, 6.07) is 11.8. The van der Waals surface area contributed by atoms with E-state index in [4.69, 9.17) is 9.47 Å². The molecular formula is C43H54FN7O7S. The summed E-state index contributed by atoms with van der Waals surface area (Å²) in [5.74, 6) is -0.532. The third-order valence-electron chi connectivity index (χ3n) is 11.8. The van der Waals surface area contributed by atoms with Crippen LogP contribution >= 0.6 is 0 Å². The van der Waals surface area contributed by atoms with Gasteiger partial charge in [-0.3, -0.25) is 19.8 Å². The van der Waals surface area contributed by atoms with E-state index in [0.29, 0.717) is 16.8 Å². The summed E-state index contributed by atoms with van der Waals surface area (Å²) >= 11 is 0. The van der Waals surface area contributed by atoms with Crippen molar-refractivity contribution in [1.82, 2.24) is 19.6 Å². The van der Waals surface area contributed by atoms with Crippen LogP contribution in [0.3, 0.4) is 0 Å². The Kier molecular flexibility index (Phi) is 12.6. The van der Waals surface area contributed by atoms with Gasteiger partial charge in [0, 0.05) is 94.7 Å². The summed E-state index contributed by atoms with van der Waals surface area (Å²) in [6.07, 6.45) is 10.6. The highest BCUT2D eigenvalue weighted by Crippen LogP contribution is 2.41. The minimum Gasteiger partial charge on any atom is -0.455 e. The first-order valence-electron chi connectivity index (χ1n) is 20.5. The van der Waals surface area contributed by atoms with Gasteiger partial charge in [0.25, 0.3) is 21.6 Å². The van der Waals surface area contributed by atoms with Crippen LogP contribution in [-0.4, -0.2) is 92.3 Å². The summed E-state index contributed by atoms with van der Waals surface area (Å²) in [6.45, 7) is 11.5. The number of nitrogens with zero attached hydrogens (tertiary/aromatic N) is 4. The maximum Gasteiger partial charge on any atom is 0.293 e. The molecule has 3 N–H and O–H groups in total. The zero-order valence-corrected chi connectivity index (χ0v) is 34.8. The zero-order chi connectivity index (χ0) is 41.8. The molecule has 316 valence electrons. The average Bonchev–Trinajstić information content (AvgIpc) is 3.68. The number of unbranched alkanes of at least 4 members (excludes halogenated alkanes) is 1. The van der Waals surface area contributed by atoms with Gasteiger partial charge in [-0.15, -0.1) is 0 Å². The molecule has 0 unspecified atom stereocenters. The zero-order valence-electron chi connectivity index (χ0n) is 34.0. The van der Waals surface area contributed by atoms with E-state index in [9.17, 15) is 23.3 Å². The number of ether oxygens (including phenoxy) is 2. The van der Waals surface area contributed by atoms with E-state index in [-0.39, 0.29) is 49.6 Å². The lowest BCUT2D eigenvalue weighted by atomic mass is 9.73. The third kappa shape index (κ3) is 10.2. The standard InChI is InChI=1S/C43H54FN7O7S/c1-4-5-6-31-26-42(2,3)13-11-32(31)28-49-17-19-50(20-18-49)33-7-9-36(39(24-33)58-34-23-30-12-16-45-40(30)46-27-34)41(52)48-59(55,56)35-8-10-37(38(25-35)51(53)54)47-29-43(44)14-21-57-22-15-43/h7-10,12,16,23-25,27,47H,4-6,11,13-15,17-22,26,28-29H2,1-3H3,(H,45,46)(H,48,52). The molecule has 0 atom stereocenters. The van der Waals surface area contributed by atoms with Gasteiger partial charge in [0.2, 0.25) is 0 Å². The van der Waals surface area contributed by atoms with Crippen molar-refractivity contribution in [3.63, 3.8) is 0 Å². The summed E-state index contributed by atoms with van der Waals surface area (Å²) in [4.78, 5) is 36.8. The Morgan fingerprint density at radius 3 is 2.58 bits per heavy atom. The van der Waals surface area contributed by atoms with Gasteiger partial charge in [-0.05, 0) is 73.9 Å². The summed E-state index contributed by atoms with van der Waals surface area (Å²) < 4.78 is 56.0. The lowest BCUT2D eigenvalue weighted by molar-refractivity contribution is -0.384. The fourth-order valence-electron chi connectivity index (χ4n) is 8.20. The number of rotatable bonds is 15. The lowest BCUT2D eigenvalue weighted by Gasteiger charge is -2.39. The first kappa shape index (κ1) is 42.1. The topological polar surface area (TPSA) is 172 Å². The monoisotopic (exact) mass is 831 g/mol. The van der Waals surface area contributed by atoms with Crippen molar-refractivity contribution < 1.29 is 32.0 Å². The van der Waals surface area contributed by atoms with Crippen LogP contribution in [0.25, 0.3) is 11.0 Å². The maximum absolute atomic E-state index is 15.2. The molecule has 1 amide bonds. The number of amides is 1. The van der Waals surface area contributed by atoms with Crippen LogP contribution in [0.4, 0.5) is 21.5 Å². The van der Waals surface area contributed by atoms with Crippen LogP contribution < -0.4 is 19.7 Å². The number of halogens is 1. The molecule has 3 aliphatic rings. The van der Waals surface area contributed by atoms with E-state index >= 15 is 4.39 Å². The molecule has 2 aromatic heterocycles. The molecule has 2 aromatic carbocycles. The van der Waals surface area contributed by atoms with Crippen LogP contribution in [0.15, 0.2) is 77.0 Å². The van der Waals surface area contributed by atoms with Crippen molar-refractivity contribution in [3.05, 3.63) is 87.7 Å². The second kappa shape index (κ2) is 17.7. The van der Waals surface area contributed by atoms with E-state index in [2.05, 4.69) is 50.6 Å². The molecule has 0 bridgehead atoms. The molecule has 0 radical (unpaired) electrons. The number of aromatic nitrogens is 2. The highest BCUT2D eigenvalue weighted by molar-refractivity contribution is 7.90. The molecule has 7 rings (SSSR count). The predicted molar refractivity (Wildman–Crippen MR) is 226 cm³/mol. The minimum atomic E-state index is -4.62. The highest BCUT2D eigenvalue weighted by atomic mass is 32.2. The van der Waals surface area contributed by atoms with Gasteiger partial charge in [-0.25, -0.2) is 22.5 Å². The van der Waals surface area contributed by atoms with E-state index in [1.807, 2.05) is 6.07 Å². The summed E-state index contributed by atoms with van der Waals surface area (Å²) in [5, 5.41) is 15.6. The molecule has 1 aliphatic carbocycles. The Balaban J connectivity index is 1.09. The Labute approximate surface area is 344 Å². The van der Waals surface area contributed by atoms with E-state index in [1.165, 1.54) is 50.4 Å². The SMILES string of the molecule is CCCCC1=C(CN2CCN(c3ccc(C(=O)NS(=O)(=O)c4ccc(NCC5(F)CCOCC5)c([N+](=O)[O-])c4)c(Oc4cnc5[nH]ccc5c4)c3)CC2)CCC(C)(C)C1. The number of nitrogens with one attached hydrogen (secondary N) is 3. The van der Waals surface area contributed by atoms with E-state index in [1.54, 1.807) is 35.5 Å². The number of H-pyrrole nitrogens is 1. The van der Waals surface area contributed by atoms with Crippen LogP contribution in [0.1, 0.15) is 82.5 Å². The first-order chi connectivity index (χ1) is 28.2. The van der Waals surface area contributed by atoms with Crippen molar-refractivity contribution >= 4 is 44.0 Å². The van der Waals surface area contributed by atoms with Crippen LogP contribution in [0.2, 0.25) is 0 Å². The Morgan fingerprint density at radius 2 is 1.83 bits per heavy atom. The number of nitro benzene ring substituents is 1. The molecule has 0 saturated carbocycles. The number of aromatic amines is 1. The number of alkyl halides is 1. The number of hydrogen-bond donors (Lipinski definition) is 3. The molecule has 14 nitrogen and oxygen atoms in total. The summed E-state index contributed by atoms with van der Waals surface area (Å²) in [7, 11) is -4.62. The van der Waals surface area contributed by atoms with Crippen molar-refractivity contribution in [3.8, 4) is 11.5 Å². The van der Waals surface area contributed by atoms with Gasteiger partial charge in [-0.2, -0.15) is 0 Å². The smallest absolute Gasteiger partial charge is 0.293 e. The number of benzene rings is 2. The number of sulfonamides is 1. The van der Waals surface area contributed by atoms with Gasteiger partial charge in [0.15, 0.2) is 0 Å². The maximum atomic E-state index is 15.2. The number of anilines is 2. The molecule has 0 spiro atoms. The largest absolute Gasteiger partial charge is 0.455 e. The number of carbonyl (C=O) groups is 1. The normalized spacial score (nSPS) is 18.5. The predicted octanol–water partition coefficient (Wildman–Crippen LogP) is 8.13. The number of piperazine rings is 1. The quantitative estimate of drug-likeness (QED) is 0.0600. The molecular weight excluding hydrogens is 778 g/mol. The second-order valence-electron chi connectivity index (χ2n) is 16.8. The van der Waals surface area contributed by atoms with Crippen molar-refractivity contribution in [1.29, 1.82) is 0 Å². The Morgan fingerprint density at radius 1 is 1.05 bits per heavy atom. The minimum absolute atomic E-state index is 0.0456. The third-order valence-corrected chi connectivity index (χ3v) is 13.1. The molecule has 2 saturated heterocycles. The second-order valence-corrected chi connectivity index (χ2v) is 18.5. The fourth-order valence-corrected chi connectivity index (χ4v) is 9.19. The van der Waals surface area contributed by atoms with Crippen molar-refractivity contribution in [2.75, 3.05) is 62.7 Å². The number of carbonyl (C=O) groups excluding carboxylic acids is 1. The number of pyridine rings is 1. The molecule has 2 aliphatic heterocycles. The Hall–Kier alpha value is -5.06.